The van der Waals surface area contributed by atoms with E-state index in [0.717, 1.165) is 13.1 Å². The number of hydrogen-bond acceptors (Lipinski definition) is 3. The summed E-state index contributed by atoms with van der Waals surface area (Å²) in [4.78, 5) is 2.68. The molecule has 2 aliphatic rings. The Morgan fingerprint density at radius 3 is 2.72 bits per heavy atom. The van der Waals surface area contributed by atoms with E-state index in [1.54, 1.807) is 0 Å². The van der Waals surface area contributed by atoms with Crippen molar-refractivity contribution in [3.63, 3.8) is 0 Å². The van der Waals surface area contributed by atoms with Crippen molar-refractivity contribution in [2.75, 3.05) is 26.7 Å². The highest BCUT2D eigenvalue weighted by Gasteiger charge is 2.36. The lowest BCUT2D eigenvalue weighted by molar-refractivity contribution is -0.0678. The van der Waals surface area contributed by atoms with Gasteiger partial charge in [-0.1, -0.05) is 19.3 Å². The molecule has 0 aromatic heterocycles. The van der Waals surface area contributed by atoms with Crippen LogP contribution < -0.4 is 5.73 Å². The Kier molecular flexibility index (Phi) is 5.05. The van der Waals surface area contributed by atoms with Crippen LogP contribution in [0, 0.1) is 5.92 Å². The number of nitrogens with zero attached hydrogens (tertiary/aromatic N) is 1. The predicted octanol–water partition coefficient (Wildman–Crippen LogP) is 2.39. The molecular weight excluding hydrogens is 224 g/mol. The van der Waals surface area contributed by atoms with E-state index in [4.69, 9.17) is 10.5 Å². The monoisotopic (exact) mass is 254 g/mol. The van der Waals surface area contributed by atoms with Crippen LogP contribution in [0.25, 0.3) is 0 Å². The van der Waals surface area contributed by atoms with Crippen LogP contribution in [0.3, 0.4) is 0 Å². The zero-order valence-electron chi connectivity index (χ0n) is 12.2. The van der Waals surface area contributed by atoms with Crippen molar-refractivity contribution in [2.24, 2.45) is 11.7 Å². The van der Waals surface area contributed by atoms with Crippen molar-refractivity contribution in [1.29, 1.82) is 0 Å². The zero-order chi connectivity index (χ0) is 13.0. The summed E-state index contributed by atoms with van der Waals surface area (Å²) >= 11 is 0. The third kappa shape index (κ3) is 3.25. The molecule has 1 saturated heterocycles. The van der Waals surface area contributed by atoms with Gasteiger partial charge in [-0.15, -0.1) is 0 Å². The summed E-state index contributed by atoms with van der Waals surface area (Å²) in [5.41, 5.74) is 6.07. The van der Waals surface area contributed by atoms with Gasteiger partial charge in [0.15, 0.2) is 0 Å². The molecule has 106 valence electrons. The molecule has 0 aromatic rings. The maximum absolute atomic E-state index is 6.01. The van der Waals surface area contributed by atoms with Crippen LogP contribution in [-0.2, 0) is 4.74 Å². The normalized spacial score (nSPS) is 39.5. The lowest BCUT2D eigenvalue weighted by Gasteiger charge is -2.45. The SMILES string of the molecule is COC1(C)CCCN(C2CCCCCC2CN)C1. The van der Waals surface area contributed by atoms with Gasteiger partial charge in [0.2, 0.25) is 0 Å². The molecule has 0 spiro atoms. The number of piperidine rings is 1. The van der Waals surface area contributed by atoms with Gasteiger partial charge >= 0.3 is 0 Å². The predicted molar refractivity (Wildman–Crippen MR) is 75.6 cm³/mol. The minimum Gasteiger partial charge on any atom is -0.377 e. The Balaban J connectivity index is 2.03. The van der Waals surface area contributed by atoms with Crippen LogP contribution in [-0.4, -0.2) is 43.3 Å². The quantitative estimate of drug-likeness (QED) is 0.786. The molecule has 0 radical (unpaired) electrons. The summed E-state index contributed by atoms with van der Waals surface area (Å²) in [7, 11) is 1.86. The van der Waals surface area contributed by atoms with E-state index < -0.39 is 0 Å². The fraction of sp³-hybridized carbons (Fsp3) is 1.00. The first-order valence-corrected chi connectivity index (χ1v) is 7.68. The van der Waals surface area contributed by atoms with Crippen LogP contribution in [0.15, 0.2) is 0 Å². The van der Waals surface area contributed by atoms with Gasteiger partial charge in [-0.05, 0) is 51.6 Å². The lowest BCUT2D eigenvalue weighted by atomic mass is 9.88. The molecule has 1 heterocycles. The summed E-state index contributed by atoms with van der Waals surface area (Å²) < 4.78 is 5.73. The van der Waals surface area contributed by atoms with Gasteiger partial charge in [0.05, 0.1) is 5.60 Å². The smallest absolute Gasteiger partial charge is 0.0777 e. The van der Waals surface area contributed by atoms with Crippen molar-refractivity contribution in [3.8, 4) is 0 Å². The van der Waals surface area contributed by atoms with Crippen molar-refractivity contribution in [2.45, 2.75) is 63.5 Å². The highest BCUT2D eigenvalue weighted by Crippen LogP contribution is 2.32. The average Bonchev–Trinajstić information content (AvgIpc) is 2.63. The van der Waals surface area contributed by atoms with E-state index in [2.05, 4.69) is 11.8 Å². The number of rotatable bonds is 3. The third-order valence-corrected chi connectivity index (χ3v) is 5.07. The lowest BCUT2D eigenvalue weighted by Crippen LogP contribution is -2.53. The van der Waals surface area contributed by atoms with Gasteiger partial charge in [-0.25, -0.2) is 0 Å². The molecule has 0 amide bonds. The molecule has 2 rings (SSSR count). The Labute approximate surface area is 112 Å². The number of ether oxygens (including phenoxy) is 1. The Bertz CT molecular complexity index is 259. The molecule has 3 atom stereocenters. The van der Waals surface area contributed by atoms with E-state index in [1.807, 2.05) is 7.11 Å². The van der Waals surface area contributed by atoms with Gasteiger partial charge in [-0.2, -0.15) is 0 Å². The van der Waals surface area contributed by atoms with Gasteiger partial charge < -0.3 is 10.5 Å². The zero-order valence-corrected chi connectivity index (χ0v) is 12.2. The van der Waals surface area contributed by atoms with Gasteiger partial charge in [-0.3, -0.25) is 4.90 Å². The molecule has 2 fully saturated rings. The molecule has 0 aromatic carbocycles. The first-order chi connectivity index (χ1) is 8.68. The highest BCUT2D eigenvalue weighted by atomic mass is 16.5. The number of methoxy groups -OCH3 is 1. The second-order valence-electron chi connectivity index (χ2n) is 6.43. The summed E-state index contributed by atoms with van der Waals surface area (Å²) in [6.07, 6.45) is 9.25. The van der Waals surface area contributed by atoms with E-state index in [9.17, 15) is 0 Å². The van der Waals surface area contributed by atoms with Crippen LogP contribution in [0.4, 0.5) is 0 Å². The van der Waals surface area contributed by atoms with Crippen molar-refractivity contribution < 1.29 is 4.74 Å². The molecule has 0 bridgehead atoms. The minimum atomic E-state index is 0.0592. The molecule has 1 aliphatic heterocycles. The van der Waals surface area contributed by atoms with Crippen LogP contribution >= 0.6 is 0 Å². The maximum atomic E-state index is 6.01. The second kappa shape index (κ2) is 6.36. The average molecular weight is 254 g/mol. The summed E-state index contributed by atoms with van der Waals surface area (Å²) in [5.74, 6) is 0.701. The molecule has 1 aliphatic carbocycles. The summed E-state index contributed by atoms with van der Waals surface area (Å²) in [5, 5.41) is 0. The Morgan fingerprint density at radius 2 is 2.00 bits per heavy atom. The fourth-order valence-electron chi connectivity index (χ4n) is 3.81. The second-order valence-corrected chi connectivity index (χ2v) is 6.43. The Hall–Kier alpha value is -0.120. The number of hydrogen-bond donors (Lipinski definition) is 1. The largest absolute Gasteiger partial charge is 0.377 e. The van der Waals surface area contributed by atoms with Crippen LogP contribution in [0.2, 0.25) is 0 Å². The molecule has 1 saturated carbocycles. The van der Waals surface area contributed by atoms with Crippen molar-refractivity contribution >= 4 is 0 Å². The fourth-order valence-corrected chi connectivity index (χ4v) is 3.81. The van der Waals surface area contributed by atoms with E-state index >= 15 is 0 Å². The third-order valence-electron chi connectivity index (χ3n) is 5.07. The Morgan fingerprint density at radius 1 is 1.22 bits per heavy atom. The first-order valence-electron chi connectivity index (χ1n) is 7.68. The van der Waals surface area contributed by atoms with Gasteiger partial charge in [0.1, 0.15) is 0 Å². The van der Waals surface area contributed by atoms with E-state index in [0.29, 0.717) is 12.0 Å². The molecular formula is C15H30N2O. The molecule has 3 heteroatoms. The molecule has 3 unspecified atom stereocenters. The maximum Gasteiger partial charge on any atom is 0.0777 e. The first kappa shape index (κ1) is 14.3. The molecule has 18 heavy (non-hydrogen) atoms. The van der Waals surface area contributed by atoms with E-state index in [1.165, 1.54) is 51.5 Å². The minimum absolute atomic E-state index is 0.0592. The number of nitrogens with two attached hydrogens (primary N) is 1. The van der Waals surface area contributed by atoms with E-state index in [-0.39, 0.29) is 5.60 Å². The van der Waals surface area contributed by atoms with Crippen LogP contribution in [0.1, 0.15) is 51.9 Å². The van der Waals surface area contributed by atoms with Crippen molar-refractivity contribution in [1.82, 2.24) is 4.90 Å². The summed E-state index contributed by atoms with van der Waals surface area (Å²) in [6, 6.07) is 0.701. The summed E-state index contributed by atoms with van der Waals surface area (Å²) in [6.45, 7) is 5.43. The van der Waals surface area contributed by atoms with Gasteiger partial charge in [0.25, 0.3) is 0 Å². The molecule has 3 nitrogen and oxygen atoms in total. The topological polar surface area (TPSA) is 38.5 Å². The standard InChI is InChI=1S/C15H30N2O/c1-15(18-2)9-6-10-17(12-15)14-8-5-3-4-7-13(14)11-16/h13-14H,3-12,16H2,1-2H3. The molecule has 2 N–H and O–H groups in total. The van der Waals surface area contributed by atoms with Crippen molar-refractivity contribution in [3.05, 3.63) is 0 Å². The number of likely N-dealkylation sites (tertiary alicyclic amines) is 1. The van der Waals surface area contributed by atoms with Gasteiger partial charge in [0, 0.05) is 19.7 Å². The highest BCUT2D eigenvalue weighted by molar-refractivity contribution is 4.91. The van der Waals surface area contributed by atoms with Crippen LogP contribution in [0.5, 0.6) is 0 Å².